The molecule has 0 saturated carbocycles. The molecule has 2 aromatic rings. The van der Waals surface area contributed by atoms with Gasteiger partial charge in [-0.2, -0.15) is 0 Å². The number of nitrogens with one attached hydrogen (secondary N) is 1. The Morgan fingerprint density at radius 1 is 1.21 bits per heavy atom. The van der Waals surface area contributed by atoms with Gasteiger partial charge in [-0.3, -0.25) is 4.79 Å². The highest BCUT2D eigenvalue weighted by molar-refractivity contribution is 7.10. The molecular formula is C19H17NO3S. The molecule has 5 heteroatoms. The maximum Gasteiger partial charge on any atom is 0.231 e. The highest BCUT2D eigenvalue weighted by Gasteiger charge is 2.37. The summed E-state index contributed by atoms with van der Waals surface area (Å²) in [6.07, 6.45) is 2.48. The summed E-state index contributed by atoms with van der Waals surface area (Å²) in [6, 6.07) is 6.18. The third kappa shape index (κ3) is 1.94. The molecule has 122 valence electrons. The van der Waals surface area contributed by atoms with Gasteiger partial charge in [-0.05, 0) is 48.4 Å². The van der Waals surface area contributed by atoms with Crippen molar-refractivity contribution in [2.75, 3.05) is 12.1 Å². The molecule has 3 aliphatic rings. The van der Waals surface area contributed by atoms with E-state index >= 15 is 0 Å². The van der Waals surface area contributed by atoms with Crippen LogP contribution < -0.4 is 14.8 Å². The summed E-state index contributed by atoms with van der Waals surface area (Å²) in [5.74, 6) is 1.81. The fraction of sp³-hybridized carbons (Fsp3) is 0.316. The van der Waals surface area contributed by atoms with Gasteiger partial charge >= 0.3 is 0 Å². The summed E-state index contributed by atoms with van der Waals surface area (Å²) >= 11 is 1.72. The van der Waals surface area contributed by atoms with Crippen molar-refractivity contribution in [3.05, 3.63) is 50.9 Å². The molecule has 1 aliphatic carbocycles. The number of benzene rings is 1. The zero-order valence-corrected chi connectivity index (χ0v) is 14.2. The molecular weight excluding hydrogens is 322 g/mol. The Labute approximate surface area is 144 Å². The lowest BCUT2D eigenvalue weighted by atomic mass is 9.77. The smallest absolute Gasteiger partial charge is 0.231 e. The number of carbonyl (C=O) groups excluding carboxylic acids is 1. The minimum absolute atomic E-state index is 0.00134. The molecule has 0 amide bonds. The monoisotopic (exact) mass is 339 g/mol. The Bertz CT molecular complexity index is 896. The molecule has 3 heterocycles. The van der Waals surface area contributed by atoms with E-state index in [4.69, 9.17) is 9.47 Å². The summed E-state index contributed by atoms with van der Waals surface area (Å²) in [7, 11) is 0. The number of allylic oxidation sites excluding steroid dienone is 2. The predicted octanol–water partition coefficient (Wildman–Crippen LogP) is 4.35. The number of ketones is 1. The third-order valence-electron chi connectivity index (χ3n) is 5.05. The van der Waals surface area contributed by atoms with Crippen LogP contribution in [-0.2, 0) is 4.79 Å². The molecule has 24 heavy (non-hydrogen) atoms. The zero-order chi connectivity index (χ0) is 16.3. The van der Waals surface area contributed by atoms with Crippen molar-refractivity contribution in [3.8, 4) is 11.5 Å². The van der Waals surface area contributed by atoms with Crippen molar-refractivity contribution in [1.29, 1.82) is 0 Å². The molecule has 1 aromatic heterocycles. The van der Waals surface area contributed by atoms with Crippen molar-refractivity contribution in [3.63, 3.8) is 0 Å². The Morgan fingerprint density at radius 3 is 2.83 bits per heavy atom. The van der Waals surface area contributed by atoms with E-state index in [1.165, 1.54) is 10.4 Å². The summed E-state index contributed by atoms with van der Waals surface area (Å²) in [5, 5.41) is 5.60. The SMILES string of the molecule is Cc1ccsc1C1C2=C(CCCC2=O)Nc2cc3c(cc21)OCO3. The van der Waals surface area contributed by atoms with Gasteiger partial charge in [0.15, 0.2) is 17.3 Å². The maximum absolute atomic E-state index is 12.7. The number of anilines is 1. The lowest BCUT2D eigenvalue weighted by Crippen LogP contribution is -2.26. The van der Waals surface area contributed by atoms with Gasteiger partial charge in [-0.1, -0.05) is 0 Å². The van der Waals surface area contributed by atoms with Gasteiger partial charge < -0.3 is 14.8 Å². The van der Waals surface area contributed by atoms with E-state index in [2.05, 4.69) is 23.7 Å². The minimum atomic E-state index is -0.00134. The number of ether oxygens (including phenoxy) is 2. The first kappa shape index (κ1) is 14.1. The summed E-state index contributed by atoms with van der Waals surface area (Å²) < 4.78 is 11.1. The van der Waals surface area contributed by atoms with Crippen LogP contribution in [0.25, 0.3) is 0 Å². The normalized spacial score (nSPS) is 21.4. The predicted molar refractivity (Wildman–Crippen MR) is 93.0 cm³/mol. The lowest BCUT2D eigenvalue weighted by Gasteiger charge is -2.33. The van der Waals surface area contributed by atoms with Gasteiger partial charge in [-0.15, -0.1) is 11.3 Å². The molecule has 0 spiro atoms. The lowest BCUT2D eigenvalue weighted by molar-refractivity contribution is -0.116. The Hall–Kier alpha value is -2.27. The van der Waals surface area contributed by atoms with Gasteiger partial charge in [0.2, 0.25) is 6.79 Å². The average molecular weight is 339 g/mol. The maximum atomic E-state index is 12.7. The molecule has 5 rings (SSSR count). The number of rotatable bonds is 1. The number of carbonyl (C=O) groups is 1. The van der Waals surface area contributed by atoms with Crippen molar-refractivity contribution >= 4 is 22.8 Å². The molecule has 4 nitrogen and oxygen atoms in total. The molecule has 1 unspecified atom stereocenters. The average Bonchev–Trinajstić information content (AvgIpc) is 3.19. The number of hydrogen-bond donors (Lipinski definition) is 1. The van der Waals surface area contributed by atoms with E-state index in [0.29, 0.717) is 6.42 Å². The van der Waals surface area contributed by atoms with Crippen LogP contribution in [0.3, 0.4) is 0 Å². The van der Waals surface area contributed by atoms with Crippen LogP contribution in [0, 0.1) is 6.92 Å². The van der Waals surface area contributed by atoms with Crippen LogP contribution in [0.2, 0.25) is 0 Å². The van der Waals surface area contributed by atoms with Crippen LogP contribution in [0.1, 0.15) is 41.2 Å². The first-order valence-electron chi connectivity index (χ1n) is 8.23. The highest BCUT2D eigenvalue weighted by atomic mass is 32.1. The third-order valence-corrected chi connectivity index (χ3v) is 6.13. The van der Waals surface area contributed by atoms with Crippen molar-refractivity contribution in [1.82, 2.24) is 0 Å². The molecule has 0 radical (unpaired) electrons. The highest BCUT2D eigenvalue weighted by Crippen LogP contribution is 2.50. The van der Waals surface area contributed by atoms with Gasteiger partial charge in [0, 0.05) is 34.3 Å². The first-order chi connectivity index (χ1) is 11.7. The molecule has 0 saturated heterocycles. The number of thiophene rings is 1. The fourth-order valence-corrected chi connectivity index (χ4v) is 4.96. The number of Topliss-reactive ketones (excluding diaryl/α,β-unsaturated/α-hetero) is 1. The van der Waals surface area contributed by atoms with Crippen molar-refractivity contribution in [2.24, 2.45) is 0 Å². The van der Waals surface area contributed by atoms with E-state index < -0.39 is 0 Å². The van der Waals surface area contributed by atoms with E-state index in [9.17, 15) is 4.79 Å². The summed E-state index contributed by atoms with van der Waals surface area (Å²) in [5.41, 5.74) is 5.40. The second-order valence-electron chi connectivity index (χ2n) is 6.49. The summed E-state index contributed by atoms with van der Waals surface area (Å²) in [6.45, 7) is 2.38. The Kier molecular flexibility index (Phi) is 3.00. The van der Waals surface area contributed by atoms with E-state index in [-0.39, 0.29) is 18.5 Å². The van der Waals surface area contributed by atoms with Crippen molar-refractivity contribution in [2.45, 2.75) is 32.1 Å². The van der Waals surface area contributed by atoms with Gasteiger partial charge in [0.1, 0.15) is 0 Å². The minimum Gasteiger partial charge on any atom is -0.454 e. The second-order valence-corrected chi connectivity index (χ2v) is 7.44. The van der Waals surface area contributed by atoms with Crippen molar-refractivity contribution < 1.29 is 14.3 Å². The molecule has 0 bridgehead atoms. The van der Waals surface area contributed by atoms with E-state index in [0.717, 1.165) is 46.9 Å². The number of hydrogen-bond acceptors (Lipinski definition) is 5. The number of fused-ring (bicyclic) bond motifs is 2. The van der Waals surface area contributed by atoms with Crippen LogP contribution in [0.4, 0.5) is 5.69 Å². The van der Waals surface area contributed by atoms with Gasteiger partial charge in [0.05, 0.1) is 5.92 Å². The quantitative estimate of drug-likeness (QED) is 0.839. The zero-order valence-electron chi connectivity index (χ0n) is 13.3. The first-order valence-corrected chi connectivity index (χ1v) is 9.11. The van der Waals surface area contributed by atoms with Gasteiger partial charge in [-0.25, -0.2) is 0 Å². The molecule has 0 fully saturated rings. The Balaban J connectivity index is 1.76. The van der Waals surface area contributed by atoms with Crippen LogP contribution in [-0.4, -0.2) is 12.6 Å². The standard InChI is InChI=1S/C19H17NO3S/c1-10-5-6-24-19(10)17-11-7-15-16(23-9-22-15)8-13(11)20-12-3-2-4-14(21)18(12)17/h5-8,17,20H,2-4,9H2,1H3. The van der Waals surface area contributed by atoms with E-state index in [1.54, 1.807) is 11.3 Å². The summed E-state index contributed by atoms with van der Waals surface area (Å²) in [4.78, 5) is 14.0. The van der Waals surface area contributed by atoms with Crippen LogP contribution in [0.5, 0.6) is 11.5 Å². The molecule has 1 N–H and O–H groups in total. The van der Waals surface area contributed by atoms with Gasteiger partial charge in [0.25, 0.3) is 0 Å². The van der Waals surface area contributed by atoms with Crippen LogP contribution >= 0.6 is 11.3 Å². The van der Waals surface area contributed by atoms with E-state index in [1.807, 2.05) is 12.1 Å². The Morgan fingerprint density at radius 2 is 2.04 bits per heavy atom. The fourth-order valence-electron chi connectivity index (χ4n) is 3.90. The molecule has 2 aliphatic heterocycles. The molecule has 1 atom stereocenters. The topological polar surface area (TPSA) is 47.6 Å². The second kappa shape index (κ2) is 5.11. The van der Waals surface area contributed by atoms with Crippen LogP contribution in [0.15, 0.2) is 34.8 Å². The molecule has 1 aromatic carbocycles. The largest absolute Gasteiger partial charge is 0.454 e. The number of aryl methyl sites for hydroxylation is 1.